The molecule has 0 radical (unpaired) electrons. The van der Waals surface area contributed by atoms with Crippen molar-refractivity contribution in [2.24, 2.45) is 0 Å². The van der Waals surface area contributed by atoms with Crippen LogP contribution in [0.1, 0.15) is 0 Å². The maximum absolute atomic E-state index is 5.54. The summed E-state index contributed by atoms with van der Waals surface area (Å²) in [4.78, 5) is 9.56. The van der Waals surface area contributed by atoms with Crippen LogP contribution >= 0.6 is 11.3 Å². The Morgan fingerprint density at radius 1 is 0.792 bits per heavy atom. The van der Waals surface area contributed by atoms with Crippen molar-refractivity contribution in [2.75, 3.05) is 0 Å². The molecule has 2 aromatic carbocycles. The first kappa shape index (κ1) is 13.5. The predicted octanol–water partition coefficient (Wildman–Crippen LogP) is 5.77. The number of pyridine rings is 1. The van der Waals surface area contributed by atoms with Crippen LogP contribution in [0, 0.1) is 0 Å². The summed E-state index contributed by atoms with van der Waals surface area (Å²) >= 11 is 1.70. The molecular weight excluding hydrogens is 316 g/mol. The van der Waals surface area contributed by atoms with Crippen LogP contribution in [-0.4, -0.2) is 9.97 Å². The fourth-order valence-electron chi connectivity index (χ4n) is 2.89. The summed E-state index contributed by atoms with van der Waals surface area (Å²) in [6.45, 7) is 0. The highest BCUT2D eigenvalue weighted by Crippen LogP contribution is 2.36. The third-order valence-electron chi connectivity index (χ3n) is 4.01. The average Bonchev–Trinajstić information content (AvgIpc) is 3.30. The lowest BCUT2D eigenvalue weighted by Gasteiger charge is -2.06. The molecule has 0 fully saturated rings. The molecule has 4 heteroatoms. The molecular formula is C20H12N2OS. The van der Waals surface area contributed by atoms with E-state index >= 15 is 0 Å². The van der Waals surface area contributed by atoms with Crippen molar-refractivity contribution >= 4 is 32.5 Å². The van der Waals surface area contributed by atoms with Crippen molar-refractivity contribution in [1.82, 2.24) is 9.97 Å². The molecule has 0 spiro atoms. The molecule has 0 unspecified atom stereocenters. The van der Waals surface area contributed by atoms with Crippen molar-refractivity contribution in [3.8, 4) is 22.0 Å². The van der Waals surface area contributed by atoms with Crippen LogP contribution < -0.4 is 0 Å². The molecule has 5 aromatic rings. The highest BCUT2D eigenvalue weighted by atomic mass is 32.1. The van der Waals surface area contributed by atoms with Gasteiger partial charge in [-0.3, -0.25) is 0 Å². The van der Waals surface area contributed by atoms with Gasteiger partial charge in [0.05, 0.1) is 22.0 Å². The predicted molar refractivity (Wildman–Crippen MR) is 98.1 cm³/mol. The third kappa shape index (κ3) is 2.12. The van der Waals surface area contributed by atoms with Gasteiger partial charge < -0.3 is 4.42 Å². The maximum Gasteiger partial charge on any atom is 0.152 e. The van der Waals surface area contributed by atoms with Crippen LogP contribution in [0.4, 0.5) is 0 Å². The molecule has 0 bridgehead atoms. The number of furan rings is 1. The second kappa shape index (κ2) is 5.28. The minimum absolute atomic E-state index is 0.767. The van der Waals surface area contributed by atoms with Gasteiger partial charge in [-0.1, -0.05) is 30.3 Å². The van der Waals surface area contributed by atoms with Crippen molar-refractivity contribution in [2.45, 2.75) is 0 Å². The smallest absolute Gasteiger partial charge is 0.152 e. The highest BCUT2D eigenvalue weighted by Gasteiger charge is 2.14. The van der Waals surface area contributed by atoms with E-state index < -0.39 is 0 Å². The Hall–Kier alpha value is -2.98. The Labute approximate surface area is 142 Å². The Bertz CT molecular complexity index is 1130. The van der Waals surface area contributed by atoms with Crippen LogP contribution in [0.2, 0.25) is 0 Å². The van der Waals surface area contributed by atoms with Gasteiger partial charge >= 0.3 is 0 Å². The number of aromatic nitrogens is 2. The second-order valence-corrected chi connectivity index (χ2v) is 6.57. The van der Waals surface area contributed by atoms with E-state index in [4.69, 9.17) is 14.4 Å². The molecule has 0 aliphatic carbocycles. The number of rotatable bonds is 2. The lowest BCUT2D eigenvalue weighted by molar-refractivity contribution is 0.580. The van der Waals surface area contributed by atoms with Crippen molar-refractivity contribution in [3.63, 3.8) is 0 Å². The standard InChI is InChI=1S/C20H12N2OS/c1-2-7-15-13(6-1)14(12-17(21-15)18-9-5-11-23-18)20-22-16-8-3-4-10-19(16)24-20/h1-12H. The van der Waals surface area contributed by atoms with E-state index in [-0.39, 0.29) is 0 Å². The number of para-hydroxylation sites is 2. The minimum Gasteiger partial charge on any atom is -0.463 e. The monoisotopic (exact) mass is 328 g/mol. The van der Waals surface area contributed by atoms with E-state index in [0.29, 0.717) is 0 Å². The summed E-state index contributed by atoms with van der Waals surface area (Å²) in [7, 11) is 0. The number of nitrogens with zero attached hydrogens (tertiary/aromatic N) is 2. The minimum atomic E-state index is 0.767. The topological polar surface area (TPSA) is 38.9 Å². The first-order valence-corrected chi connectivity index (χ1v) is 8.50. The molecule has 0 N–H and O–H groups in total. The summed E-state index contributed by atoms with van der Waals surface area (Å²) in [5, 5.41) is 2.11. The first-order valence-electron chi connectivity index (χ1n) is 7.68. The van der Waals surface area contributed by atoms with Gasteiger partial charge in [-0.15, -0.1) is 11.3 Å². The summed E-state index contributed by atoms with van der Waals surface area (Å²) in [5.41, 5.74) is 3.89. The molecule has 0 atom stereocenters. The van der Waals surface area contributed by atoms with Gasteiger partial charge in [0.2, 0.25) is 0 Å². The molecule has 0 aliphatic heterocycles. The largest absolute Gasteiger partial charge is 0.463 e. The lowest BCUT2D eigenvalue weighted by atomic mass is 10.1. The van der Waals surface area contributed by atoms with Crippen LogP contribution in [0.25, 0.3) is 43.1 Å². The van der Waals surface area contributed by atoms with E-state index in [9.17, 15) is 0 Å². The fraction of sp³-hybridized carbons (Fsp3) is 0. The van der Waals surface area contributed by atoms with E-state index in [1.807, 2.05) is 48.5 Å². The number of thiazole rings is 1. The Morgan fingerprint density at radius 3 is 2.46 bits per heavy atom. The zero-order valence-electron chi connectivity index (χ0n) is 12.6. The van der Waals surface area contributed by atoms with Gasteiger partial charge in [-0.25, -0.2) is 9.97 Å². The summed E-state index contributed by atoms with van der Waals surface area (Å²) in [5.74, 6) is 0.767. The number of hydrogen-bond acceptors (Lipinski definition) is 4. The van der Waals surface area contributed by atoms with Gasteiger partial charge in [-0.05, 0) is 36.4 Å². The molecule has 0 amide bonds. The third-order valence-corrected chi connectivity index (χ3v) is 5.08. The van der Waals surface area contributed by atoms with Crippen molar-refractivity contribution in [1.29, 1.82) is 0 Å². The first-order chi connectivity index (χ1) is 11.9. The van der Waals surface area contributed by atoms with E-state index in [1.165, 1.54) is 4.70 Å². The zero-order chi connectivity index (χ0) is 15.9. The molecule has 5 rings (SSSR count). The average molecular weight is 328 g/mol. The normalized spacial score (nSPS) is 11.3. The maximum atomic E-state index is 5.54. The molecule has 3 aromatic heterocycles. The Morgan fingerprint density at radius 2 is 1.62 bits per heavy atom. The van der Waals surface area contributed by atoms with Gasteiger partial charge in [-0.2, -0.15) is 0 Å². The van der Waals surface area contributed by atoms with Gasteiger partial charge in [0.25, 0.3) is 0 Å². The molecule has 0 saturated carbocycles. The molecule has 114 valence electrons. The highest BCUT2D eigenvalue weighted by molar-refractivity contribution is 7.21. The van der Waals surface area contributed by atoms with Gasteiger partial charge in [0, 0.05) is 10.9 Å². The molecule has 0 aliphatic rings. The zero-order valence-corrected chi connectivity index (χ0v) is 13.5. The van der Waals surface area contributed by atoms with Crippen molar-refractivity contribution in [3.05, 3.63) is 73.0 Å². The second-order valence-electron chi connectivity index (χ2n) is 5.54. The van der Waals surface area contributed by atoms with Crippen LogP contribution in [-0.2, 0) is 0 Å². The molecule has 3 heterocycles. The SMILES string of the molecule is c1coc(-c2cc(-c3nc4ccccc4s3)c3ccccc3n2)c1. The van der Waals surface area contributed by atoms with Gasteiger partial charge in [0.15, 0.2) is 5.76 Å². The molecule has 24 heavy (non-hydrogen) atoms. The quantitative estimate of drug-likeness (QED) is 0.413. The van der Waals surface area contributed by atoms with E-state index in [1.54, 1.807) is 17.6 Å². The number of benzene rings is 2. The van der Waals surface area contributed by atoms with E-state index in [0.717, 1.165) is 38.4 Å². The van der Waals surface area contributed by atoms with Crippen LogP contribution in [0.3, 0.4) is 0 Å². The lowest BCUT2D eigenvalue weighted by Crippen LogP contribution is -1.88. The van der Waals surface area contributed by atoms with Crippen LogP contribution in [0.15, 0.2) is 77.4 Å². The number of fused-ring (bicyclic) bond motifs is 2. The Balaban J connectivity index is 1.82. The molecule has 3 nitrogen and oxygen atoms in total. The fourth-order valence-corrected chi connectivity index (χ4v) is 3.89. The van der Waals surface area contributed by atoms with Crippen molar-refractivity contribution < 1.29 is 4.42 Å². The Kier molecular flexibility index (Phi) is 2.96. The summed E-state index contributed by atoms with van der Waals surface area (Å²) in [6.07, 6.45) is 1.67. The van der Waals surface area contributed by atoms with Gasteiger partial charge in [0.1, 0.15) is 10.7 Å². The van der Waals surface area contributed by atoms with E-state index in [2.05, 4.69) is 18.2 Å². The molecule has 0 saturated heterocycles. The summed E-state index contributed by atoms with van der Waals surface area (Å²) < 4.78 is 6.73. The van der Waals surface area contributed by atoms with Crippen LogP contribution in [0.5, 0.6) is 0 Å². The number of hydrogen-bond donors (Lipinski definition) is 0. The summed E-state index contributed by atoms with van der Waals surface area (Å²) in [6, 6.07) is 22.3.